The minimum Gasteiger partial charge on any atom is -0.497 e. The molecule has 2 aliphatic carbocycles. The summed E-state index contributed by atoms with van der Waals surface area (Å²) in [5.74, 6) is -0.219. The zero-order valence-electron chi connectivity index (χ0n) is 22.2. The highest BCUT2D eigenvalue weighted by atomic mass is 19.1. The smallest absolute Gasteiger partial charge is 0.306 e. The Morgan fingerprint density at radius 3 is 2.50 bits per heavy atom. The Labute approximate surface area is 222 Å². The second kappa shape index (κ2) is 10.8. The first-order chi connectivity index (χ1) is 18.3. The van der Waals surface area contributed by atoms with Crippen LogP contribution in [0.4, 0.5) is 8.78 Å². The van der Waals surface area contributed by atoms with Crippen LogP contribution < -0.4 is 9.47 Å². The average Bonchev–Trinajstić information content (AvgIpc) is 3.85. The lowest BCUT2D eigenvalue weighted by atomic mass is 9.90. The molecule has 6 heteroatoms. The number of benzene rings is 3. The van der Waals surface area contributed by atoms with Crippen molar-refractivity contribution in [1.82, 2.24) is 0 Å². The molecule has 1 unspecified atom stereocenters. The van der Waals surface area contributed by atoms with Crippen molar-refractivity contribution in [3.63, 3.8) is 0 Å². The predicted octanol–water partition coefficient (Wildman–Crippen LogP) is 7.62. The van der Waals surface area contributed by atoms with Crippen molar-refractivity contribution in [3.05, 3.63) is 82.9 Å². The van der Waals surface area contributed by atoms with Gasteiger partial charge in [-0.1, -0.05) is 37.3 Å². The Hall–Kier alpha value is -3.41. The van der Waals surface area contributed by atoms with Gasteiger partial charge in [0.05, 0.1) is 20.6 Å². The van der Waals surface area contributed by atoms with Crippen LogP contribution in [-0.4, -0.2) is 20.2 Å². The van der Waals surface area contributed by atoms with E-state index in [1.54, 1.807) is 37.4 Å². The normalized spacial score (nSPS) is 16.6. The summed E-state index contributed by atoms with van der Waals surface area (Å²) in [5.41, 5.74) is 3.98. The number of carbonyl (C=O) groups is 1. The maximum absolute atomic E-state index is 15.5. The summed E-state index contributed by atoms with van der Waals surface area (Å²) in [6, 6.07) is 15.8. The second-order valence-corrected chi connectivity index (χ2v) is 11.0. The molecule has 0 spiro atoms. The summed E-state index contributed by atoms with van der Waals surface area (Å²) in [4.78, 5) is 12.0. The van der Waals surface area contributed by atoms with Gasteiger partial charge in [0.2, 0.25) is 0 Å². The lowest BCUT2D eigenvalue weighted by molar-refractivity contribution is -0.141. The number of ether oxygens (including phenoxy) is 3. The van der Waals surface area contributed by atoms with E-state index in [-0.39, 0.29) is 47.8 Å². The van der Waals surface area contributed by atoms with Gasteiger partial charge in [-0.2, -0.15) is 0 Å². The van der Waals surface area contributed by atoms with Gasteiger partial charge < -0.3 is 14.2 Å². The van der Waals surface area contributed by atoms with Crippen LogP contribution >= 0.6 is 0 Å². The van der Waals surface area contributed by atoms with Gasteiger partial charge in [-0.25, -0.2) is 8.78 Å². The van der Waals surface area contributed by atoms with Gasteiger partial charge >= 0.3 is 5.97 Å². The molecule has 1 atom stereocenters. The van der Waals surface area contributed by atoms with E-state index < -0.39 is 5.82 Å². The Bertz CT molecular complexity index is 1330. The van der Waals surface area contributed by atoms with E-state index >= 15 is 4.39 Å². The molecular weight excluding hydrogens is 486 g/mol. The molecule has 3 aromatic rings. The van der Waals surface area contributed by atoms with Gasteiger partial charge in [0.15, 0.2) is 11.6 Å². The fraction of sp³-hybridized carbons (Fsp3) is 0.406. The number of esters is 1. The quantitative estimate of drug-likeness (QED) is 0.244. The average molecular weight is 521 g/mol. The molecule has 2 saturated carbocycles. The molecule has 0 bridgehead atoms. The Balaban J connectivity index is 1.39. The minimum absolute atomic E-state index is 0.159. The number of halogens is 2. The third-order valence-electron chi connectivity index (χ3n) is 7.95. The number of hydrogen-bond acceptors (Lipinski definition) is 4. The van der Waals surface area contributed by atoms with Gasteiger partial charge in [0.1, 0.15) is 18.2 Å². The van der Waals surface area contributed by atoms with Gasteiger partial charge in [0, 0.05) is 11.5 Å². The number of rotatable bonds is 11. The van der Waals surface area contributed by atoms with Crippen molar-refractivity contribution in [2.45, 2.75) is 58.0 Å². The van der Waals surface area contributed by atoms with Gasteiger partial charge in [0.25, 0.3) is 0 Å². The highest BCUT2D eigenvalue weighted by Gasteiger charge is 2.38. The maximum atomic E-state index is 15.5. The van der Waals surface area contributed by atoms with Gasteiger partial charge in [-0.15, -0.1) is 0 Å². The molecule has 5 rings (SSSR count). The number of carbonyl (C=O) groups excluding carboxylic acids is 1. The Morgan fingerprint density at radius 2 is 1.82 bits per heavy atom. The summed E-state index contributed by atoms with van der Waals surface area (Å²) in [7, 11) is 2.92. The van der Waals surface area contributed by atoms with E-state index in [1.807, 2.05) is 18.2 Å². The van der Waals surface area contributed by atoms with E-state index in [4.69, 9.17) is 14.2 Å². The van der Waals surface area contributed by atoms with Crippen LogP contribution in [0.5, 0.6) is 11.5 Å². The third-order valence-corrected chi connectivity index (χ3v) is 7.95. The van der Waals surface area contributed by atoms with Gasteiger partial charge in [-0.3, -0.25) is 4.79 Å². The largest absolute Gasteiger partial charge is 0.497 e. The fourth-order valence-electron chi connectivity index (χ4n) is 5.21. The van der Waals surface area contributed by atoms with Crippen LogP contribution in [-0.2, 0) is 22.6 Å². The van der Waals surface area contributed by atoms with Crippen molar-refractivity contribution >= 4 is 5.97 Å². The van der Waals surface area contributed by atoms with E-state index in [0.717, 1.165) is 48.8 Å². The molecule has 38 heavy (non-hydrogen) atoms. The van der Waals surface area contributed by atoms with Crippen LogP contribution in [0, 0.1) is 23.0 Å². The van der Waals surface area contributed by atoms with E-state index in [9.17, 15) is 9.18 Å². The summed E-state index contributed by atoms with van der Waals surface area (Å²) < 4.78 is 46.5. The van der Waals surface area contributed by atoms with Crippen LogP contribution in [0.25, 0.3) is 11.1 Å². The molecule has 0 amide bonds. The lowest BCUT2D eigenvalue weighted by Crippen LogP contribution is -2.12. The standard InChI is InChI=1S/C32H34F2O4/c1-32(13-14-32)18-22-15-20(7-11-24(22)27-16-23(36-2)10-12-28(27)33)19-38-29-6-4-5-25(31(29)34)26(21-8-9-21)17-30(35)37-3/h4-7,10-12,15-16,21,26H,8-9,13-14,17-19H2,1-3H3. The van der Waals surface area contributed by atoms with Crippen molar-refractivity contribution < 1.29 is 27.8 Å². The SMILES string of the molecule is COC(=O)CC(c1cccc(OCc2ccc(-c3cc(OC)ccc3F)c(CC3(C)CC3)c2)c1F)C1CC1. The topological polar surface area (TPSA) is 44.8 Å². The second-order valence-electron chi connectivity index (χ2n) is 11.0. The zero-order valence-corrected chi connectivity index (χ0v) is 22.2. The van der Waals surface area contributed by atoms with Gasteiger partial charge in [-0.05, 0) is 90.0 Å². The number of hydrogen-bond donors (Lipinski definition) is 0. The third kappa shape index (κ3) is 5.85. The summed E-state index contributed by atoms with van der Waals surface area (Å²) in [6.07, 6.45) is 5.22. The van der Waals surface area contributed by atoms with E-state index in [0.29, 0.717) is 16.9 Å². The molecule has 3 aromatic carbocycles. The molecule has 4 nitrogen and oxygen atoms in total. The first kappa shape index (κ1) is 26.2. The molecule has 0 aliphatic heterocycles. The summed E-state index contributed by atoms with van der Waals surface area (Å²) in [6.45, 7) is 2.42. The van der Waals surface area contributed by atoms with E-state index in [2.05, 4.69) is 6.92 Å². The molecule has 2 fully saturated rings. The van der Waals surface area contributed by atoms with Crippen LogP contribution in [0.1, 0.15) is 61.6 Å². The Morgan fingerprint density at radius 1 is 1.03 bits per heavy atom. The minimum atomic E-state index is -0.422. The molecule has 0 aromatic heterocycles. The van der Waals surface area contributed by atoms with Crippen molar-refractivity contribution in [2.24, 2.45) is 11.3 Å². The van der Waals surface area contributed by atoms with Crippen molar-refractivity contribution in [3.8, 4) is 22.6 Å². The molecule has 0 N–H and O–H groups in total. The monoisotopic (exact) mass is 520 g/mol. The fourth-order valence-corrected chi connectivity index (χ4v) is 5.21. The van der Waals surface area contributed by atoms with Crippen LogP contribution in [0.15, 0.2) is 54.6 Å². The molecule has 0 heterocycles. The van der Waals surface area contributed by atoms with Crippen molar-refractivity contribution in [1.29, 1.82) is 0 Å². The van der Waals surface area contributed by atoms with E-state index in [1.165, 1.54) is 13.2 Å². The maximum Gasteiger partial charge on any atom is 0.306 e. The summed E-state index contributed by atoms with van der Waals surface area (Å²) >= 11 is 0. The molecular formula is C32H34F2O4. The first-order valence-electron chi connectivity index (χ1n) is 13.2. The molecule has 0 saturated heterocycles. The summed E-state index contributed by atoms with van der Waals surface area (Å²) in [5, 5.41) is 0. The Kier molecular flexibility index (Phi) is 7.42. The zero-order chi connectivity index (χ0) is 26.9. The highest BCUT2D eigenvalue weighted by Crippen LogP contribution is 2.49. The lowest BCUT2D eigenvalue weighted by Gasteiger charge is -2.19. The first-order valence-corrected chi connectivity index (χ1v) is 13.2. The number of methoxy groups -OCH3 is 2. The van der Waals surface area contributed by atoms with Crippen molar-refractivity contribution in [2.75, 3.05) is 14.2 Å². The highest BCUT2D eigenvalue weighted by molar-refractivity contribution is 5.71. The predicted molar refractivity (Wildman–Crippen MR) is 142 cm³/mol. The molecule has 0 radical (unpaired) electrons. The molecule has 200 valence electrons. The van der Waals surface area contributed by atoms with Crippen LogP contribution in [0.3, 0.4) is 0 Å². The van der Waals surface area contributed by atoms with Crippen LogP contribution in [0.2, 0.25) is 0 Å². The molecule has 2 aliphatic rings.